The lowest BCUT2D eigenvalue weighted by atomic mass is 10.1. The van der Waals surface area contributed by atoms with Crippen molar-refractivity contribution in [2.75, 3.05) is 16.8 Å². The van der Waals surface area contributed by atoms with Crippen molar-refractivity contribution >= 4 is 23.2 Å². The van der Waals surface area contributed by atoms with Crippen LogP contribution in [0.4, 0.5) is 24.5 Å². The first-order valence-electron chi connectivity index (χ1n) is 8.20. The summed E-state index contributed by atoms with van der Waals surface area (Å²) in [5.74, 6) is -1.63. The predicted molar refractivity (Wildman–Crippen MR) is 93.7 cm³/mol. The standard InChI is InChI=1S/C19H14F3N3O3/c20-19(21,22)16-9-17(26)24-14-6-1-2-7-15(14)25(16)18(27)11-28-13-5-3-4-12(8-13)10-23/h1-8,16H,9,11H2,(H,24,26)/t16-/m0/s1. The molecule has 1 atom stereocenters. The SMILES string of the molecule is N#Cc1cccc(OCC(=O)N2c3ccccc3NC(=O)C[C@H]2C(F)(F)F)c1. The van der Waals surface area contributed by atoms with Crippen molar-refractivity contribution in [3.8, 4) is 11.8 Å². The van der Waals surface area contributed by atoms with Gasteiger partial charge in [0.25, 0.3) is 5.91 Å². The molecule has 28 heavy (non-hydrogen) atoms. The van der Waals surface area contributed by atoms with Crippen LogP contribution in [-0.4, -0.2) is 30.6 Å². The molecule has 2 amide bonds. The number of nitriles is 1. The Bertz CT molecular complexity index is 953. The largest absolute Gasteiger partial charge is 0.484 e. The first kappa shape index (κ1) is 19.2. The Hall–Kier alpha value is -3.54. The Labute approximate surface area is 158 Å². The number of amides is 2. The van der Waals surface area contributed by atoms with E-state index in [0.717, 1.165) is 0 Å². The van der Waals surface area contributed by atoms with Crippen molar-refractivity contribution in [3.05, 3.63) is 54.1 Å². The second-order valence-electron chi connectivity index (χ2n) is 6.02. The molecule has 1 N–H and O–H groups in total. The molecule has 1 aliphatic heterocycles. The molecule has 144 valence electrons. The van der Waals surface area contributed by atoms with Crippen molar-refractivity contribution in [1.29, 1.82) is 5.26 Å². The van der Waals surface area contributed by atoms with Crippen LogP contribution in [0.5, 0.6) is 5.75 Å². The van der Waals surface area contributed by atoms with Gasteiger partial charge in [0.1, 0.15) is 11.8 Å². The number of nitrogens with zero attached hydrogens (tertiary/aromatic N) is 2. The zero-order valence-corrected chi connectivity index (χ0v) is 14.4. The number of ether oxygens (including phenoxy) is 1. The van der Waals surface area contributed by atoms with Gasteiger partial charge in [-0.3, -0.25) is 14.5 Å². The molecule has 0 saturated heterocycles. The molecule has 9 heteroatoms. The van der Waals surface area contributed by atoms with E-state index in [1.165, 1.54) is 42.5 Å². The topological polar surface area (TPSA) is 82.4 Å². The number of fused-ring (bicyclic) bond motifs is 1. The van der Waals surface area contributed by atoms with Gasteiger partial charge >= 0.3 is 6.18 Å². The quantitative estimate of drug-likeness (QED) is 0.874. The number of hydrogen-bond donors (Lipinski definition) is 1. The van der Waals surface area contributed by atoms with Gasteiger partial charge in [-0.2, -0.15) is 18.4 Å². The molecule has 0 bridgehead atoms. The summed E-state index contributed by atoms with van der Waals surface area (Å²) in [5, 5.41) is 11.3. The number of rotatable bonds is 3. The van der Waals surface area contributed by atoms with Gasteiger partial charge in [0.05, 0.1) is 29.4 Å². The van der Waals surface area contributed by atoms with Gasteiger partial charge in [-0.1, -0.05) is 18.2 Å². The molecule has 0 radical (unpaired) electrons. The van der Waals surface area contributed by atoms with Crippen LogP contribution >= 0.6 is 0 Å². The lowest BCUT2D eigenvalue weighted by Crippen LogP contribution is -2.51. The molecule has 0 aromatic heterocycles. The molecule has 0 saturated carbocycles. The van der Waals surface area contributed by atoms with Crippen molar-refractivity contribution in [3.63, 3.8) is 0 Å². The second kappa shape index (κ2) is 7.60. The van der Waals surface area contributed by atoms with E-state index in [9.17, 15) is 22.8 Å². The molecule has 6 nitrogen and oxygen atoms in total. The first-order valence-corrected chi connectivity index (χ1v) is 8.20. The fourth-order valence-corrected chi connectivity index (χ4v) is 2.87. The molecular formula is C19H14F3N3O3. The van der Waals surface area contributed by atoms with E-state index >= 15 is 0 Å². The van der Waals surface area contributed by atoms with Crippen molar-refractivity contribution in [1.82, 2.24) is 0 Å². The average Bonchev–Trinajstić information content (AvgIpc) is 2.82. The summed E-state index contributed by atoms with van der Waals surface area (Å²) >= 11 is 0. The molecular weight excluding hydrogens is 375 g/mol. The highest BCUT2D eigenvalue weighted by Gasteiger charge is 2.49. The van der Waals surface area contributed by atoms with Gasteiger partial charge in [0.15, 0.2) is 6.61 Å². The molecule has 0 unspecified atom stereocenters. The summed E-state index contributed by atoms with van der Waals surface area (Å²) in [4.78, 5) is 25.2. The van der Waals surface area contributed by atoms with Crippen LogP contribution < -0.4 is 15.0 Å². The number of anilines is 2. The lowest BCUT2D eigenvalue weighted by Gasteiger charge is -2.31. The minimum atomic E-state index is -4.81. The van der Waals surface area contributed by atoms with Crippen LogP contribution in [0.15, 0.2) is 48.5 Å². The first-order chi connectivity index (χ1) is 13.3. The number of carbonyl (C=O) groups is 2. The summed E-state index contributed by atoms with van der Waals surface area (Å²) in [5.41, 5.74) is 0.335. The van der Waals surface area contributed by atoms with Gasteiger partial charge in [-0.15, -0.1) is 0 Å². The molecule has 0 fully saturated rings. The fraction of sp³-hybridized carbons (Fsp3) is 0.211. The Morgan fingerprint density at radius 3 is 2.71 bits per heavy atom. The van der Waals surface area contributed by atoms with Gasteiger partial charge in [-0.05, 0) is 30.3 Å². The number of hydrogen-bond acceptors (Lipinski definition) is 4. The van der Waals surface area contributed by atoms with Crippen LogP contribution in [-0.2, 0) is 9.59 Å². The van der Waals surface area contributed by atoms with Gasteiger partial charge in [0.2, 0.25) is 5.91 Å². The van der Waals surface area contributed by atoms with Crippen LogP contribution in [0.25, 0.3) is 0 Å². The van der Waals surface area contributed by atoms with E-state index in [1.807, 2.05) is 6.07 Å². The zero-order valence-electron chi connectivity index (χ0n) is 14.4. The Balaban J connectivity index is 1.91. The van der Waals surface area contributed by atoms with Crippen molar-refractivity contribution in [2.24, 2.45) is 0 Å². The Kier molecular flexibility index (Phi) is 5.22. The van der Waals surface area contributed by atoms with E-state index in [0.29, 0.717) is 4.90 Å². The third-order valence-corrected chi connectivity index (χ3v) is 4.10. The maximum absolute atomic E-state index is 13.6. The number of halogens is 3. The summed E-state index contributed by atoms with van der Waals surface area (Å²) in [6, 6.07) is 11.2. The maximum Gasteiger partial charge on any atom is 0.409 e. The monoisotopic (exact) mass is 389 g/mol. The third-order valence-electron chi connectivity index (χ3n) is 4.10. The molecule has 3 rings (SSSR count). The maximum atomic E-state index is 13.6. The summed E-state index contributed by atoms with van der Waals surface area (Å²) in [6.07, 6.45) is -5.74. The van der Waals surface area contributed by atoms with Crippen LogP contribution in [0.1, 0.15) is 12.0 Å². The highest BCUT2D eigenvalue weighted by Crippen LogP contribution is 2.37. The highest BCUT2D eigenvalue weighted by atomic mass is 19.4. The minimum absolute atomic E-state index is 0.0601. The molecule has 1 heterocycles. The summed E-state index contributed by atoms with van der Waals surface area (Å²) in [6.45, 7) is -0.690. The van der Waals surface area contributed by atoms with Crippen molar-refractivity contribution < 1.29 is 27.5 Å². The molecule has 0 spiro atoms. The zero-order chi connectivity index (χ0) is 20.3. The molecule has 2 aromatic rings. The number of benzene rings is 2. The van der Waals surface area contributed by atoms with Crippen LogP contribution in [0.3, 0.4) is 0 Å². The number of para-hydroxylation sites is 2. The Morgan fingerprint density at radius 1 is 1.25 bits per heavy atom. The molecule has 2 aromatic carbocycles. The second-order valence-corrected chi connectivity index (χ2v) is 6.02. The van der Waals surface area contributed by atoms with E-state index in [1.54, 1.807) is 6.07 Å². The summed E-state index contributed by atoms with van der Waals surface area (Å²) < 4.78 is 46.1. The minimum Gasteiger partial charge on any atom is -0.484 e. The normalized spacial score (nSPS) is 16.4. The van der Waals surface area contributed by atoms with Gasteiger partial charge in [-0.25, -0.2) is 0 Å². The van der Waals surface area contributed by atoms with Crippen LogP contribution in [0, 0.1) is 11.3 Å². The number of nitrogens with one attached hydrogen (secondary N) is 1. The fourth-order valence-electron chi connectivity index (χ4n) is 2.87. The van der Waals surface area contributed by atoms with Gasteiger partial charge < -0.3 is 10.1 Å². The van der Waals surface area contributed by atoms with E-state index in [4.69, 9.17) is 10.00 Å². The predicted octanol–water partition coefficient (Wildman–Crippen LogP) is 3.24. The number of carbonyl (C=O) groups excluding carboxylic acids is 2. The third kappa shape index (κ3) is 4.06. The van der Waals surface area contributed by atoms with E-state index in [-0.39, 0.29) is 22.7 Å². The average molecular weight is 389 g/mol. The lowest BCUT2D eigenvalue weighted by molar-refractivity contribution is -0.158. The summed E-state index contributed by atoms with van der Waals surface area (Å²) in [7, 11) is 0. The smallest absolute Gasteiger partial charge is 0.409 e. The Morgan fingerprint density at radius 2 is 2.00 bits per heavy atom. The van der Waals surface area contributed by atoms with E-state index in [2.05, 4.69) is 5.32 Å². The van der Waals surface area contributed by atoms with Gasteiger partial charge in [0, 0.05) is 0 Å². The van der Waals surface area contributed by atoms with Crippen molar-refractivity contribution in [2.45, 2.75) is 18.6 Å². The van der Waals surface area contributed by atoms with E-state index < -0.39 is 37.1 Å². The molecule has 1 aliphatic rings. The highest BCUT2D eigenvalue weighted by molar-refractivity contribution is 6.05. The number of alkyl halides is 3. The van der Waals surface area contributed by atoms with Crippen LogP contribution in [0.2, 0.25) is 0 Å². The molecule has 0 aliphatic carbocycles.